The molecule has 0 radical (unpaired) electrons. The van der Waals surface area contributed by atoms with Crippen molar-refractivity contribution in [3.8, 4) is 11.3 Å². The van der Waals surface area contributed by atoms with E-state index in [4.69, 9.17) is 4.74 Å². The van der Waals surface area contributed by atoms with Gasteiger partial charge in [0.25, 0.3) is 0 Å². The molecule has 0 saturated heterocycles. The highest BCUT2D eigenvalue weighted by Crippen LogP contribution is 2.33. The number of aromatic amines is 1. The molecule has 0 atom stereocenters. The van der Waals surface area contributed by atoms with Gasteiger partial charge in [-0.1, -0.05) is 0 Å². The molecule has 1 aliphatic rings. The third kappa shape index (κ3) is 3.71. The molecule has 0 unspecified atom stereocenters. The van der Waals surface area contributed by atoms with E-state index >= 15 is 0 Å². The van der Waals surface area contributed by atoms with Crippen LogP contribution in [-0.4, -0.2) is 49.3 Å². The van der Waals surface area contributed by atoms with Crippen molar-refractivity contribution in [3.63, 3.8) is 0 Å². The van der Waals surface area contributed by atoms with E-state index in [0.717, 1.165) is 16.8 Å². The zero-order chi connectivity index (χ0) is 18.9. The van der Waals surface area contributed by atoms with Gasteiger partial charge in [0.2, 0.25) is 0 Å². The van der Waals surface area contributed by atoms with E-state index in [0.29, 0.717) is 38.0 Å². The number of amides is 1. The first-order valence-corrected chi connectivity index (χ1v) is 8.58. The second kappa shape index (κ2) is 6.81. The maximum Gasteiger partial charge on any atom is 0.407 e. The van der Waals surface area contributed by atoms with Crippen molar-refractivity contribution in [2.24, 2.45) is 0 Å². The van der Waals surface area contributed by atoms with Gasteiger partial charge >= 0.3 is 12.1 Å². The SMILES string of the molecule is CC(C)(C)OC(=O)NCCCn1nc2c(c1C(=O)O)CCc1[nH]ncc1-2. The number of rotatable bonds is 5. The lowest BCUT2D eigenvalue weighted by Gasteiger charge is -2.19. The van der Waals surface area contributed by atoms with Gasteiger partial charge in [-0.25, -0.2) is 9.59 Å². The molecule has 9 heteroatoms. The van der Waals surface area contributed by atoms with Crippen LogP contribution in [0.15, 0.2) is 6.20 Å². The van der Waals surface area contributed by atoms with Gasteiger partial charge in [0.05, 0.1) is 11.9 Å². The number of hydrogen-bond donors (Lipinski definition) is 3. The third-order valence-electron chi connectivity index (χ3n) is 4.07. The molecular weight excluding hydrogens is 338 g/mol. The van der Waals surface area contributed by atoms with Crippen LogP contribution in [0.25, 0.3) is 11.3 Å². The molecule has 2 aromatic heterocycles. The first kappa shape index (κ1) is 18.0. The Morgan fingerprint density at radius 1 is 1.38 bits per heavy atom. The summed E-state index contributed by atoms with van der Waals surface area (Å²) in [5, 5.41) is 23.7. The molecule has 1 amide bonds. The molecule has 0 fully saturated rings. The van der Waals surface area contributed by atoms with Gasteiger partial charge in [0, 0.05) is 29.9 Å². The van der Waals surface area contributed by atoms with E-state index in [1.165, 1.54) is 4.68 Å². The molecule has 1 aliphatic carbocycles. The number of carbonyl (C=O) groups excluding carboxylic acids is 1. The number of carbonyl (C=O) groups is 2. The average Bonchev–Trinajstić information content (AvgIpc) is 3.12. The Kier molecular flexibility index (Phi) is 4.71. The minimum absolute atomic E-state index is 0.212. The minimum atomic E-state index is -0.995. The monoisotopic (exact) mass is 361 g/mol. The highest BCUT2D eigenvalue weighted by atomic mass is 16.6. The average molecular weight is 361 g/mol. The Morgan fingerprint density at radius 3 is 2.85 bits per heavy atom. The van der Waals surface area contributed by atoms with Crippen molar-refractivity contribution < 1.29 is 19.4 Å². The van der Waals surface area contributed by atoms with E-state index in [1.807, 2.05) is 0 Å². The van der Waals surface area contributed by atoms with E-state index < -0.39 is 17.7 Å². The molecular formula is C17H23N5O4. The van der Waals surface area contributed by atoms with Gasteiger partial charge in [0.1, 0.15) is 11.3 Å². The van der Waals surface area contributed by atoms with E-state index in [9.17, 15) is 14.7 Å². The first-order valence-electron chi connectivity index (χ1n) is 8.58. The van der Waals surface area contributed by atoms with Crippen molar-refractivity contribution in [2.45, 2.75) is 52.2 Å². The van der Waals surface area contributed by atoms with Crippen LogP contribution in [0.1, 0.15) is 48.9 Å². The highest BCUT2D eigenvalue weighted by Gasteiger charge is 2.29. The Balaban J connectivity index is 1.68. The first-order chi connectivity index (χ1) is 12.3. The van der Waals surface area contributed by atoms with Crippen LogP contribution >= 0.6 is 0 Å². The number of carboxylic acids is 1. The van der Waals surface area contributed by atoms with E-state index in [-0.39, 0.29) is 5.69 Å². The fourth-order valence-electron chi connectivity index (χ4n) is 3.04. The second-order valence-electron chi connectivity index (χ2n) is 7.25. The number of H-pyrrole nitrogens is 1. The Bertz CT molecular complexity index is 831. The Labute approximate surface area is 150 Å². The molecule has 3 N–H and O–H groups in total. The lowest BCUT2D eigenvalue weighted by atomic mass is 9.94. The molecule has 0 aromatic carbocycles. The second-order valence-corrected chi connectivity index (χ2v) is 7.25. The predicted octanol–water partition coefficient (Wildman–Crippen LogP) is 1.98. The lowest BCUT2D eigenvalue weighted by Crippen LogP contribution is -2.33. The standard InChI is InChI=1S/C17H23N5O4/c1-17(2,3)26-16(25)18-7-4-8-22-14(15(23)24)10-5-6-12-11(9-19-20-12)13(10)21-22/h9H,4-8H2,1-3H3,(H,18,25)(H,19,20)(H,23,24). The predicted molar refractivity (Wildman–Crippen MR) is 93.0 cm³/mol. The van der Waals surface area contributed by atoms with Crippen LogP contribution in [0.4, 0.5) is 4.79 Å². The number of alkyl carbamates (subject to hydrolysis) is 1. The number of aromatic carboxylic acids is 1. The van der Waals surface area contributed by atoms with Crippen LogP contribution in [-0.2, 0) is 24.1 Å². The number of aryl methyl sites for hydroxylation is 2. The molecule has 2 aromatic rings. The van der Waals surface area contributed by atoms with Gasteiger partial charge in [-0.3, -0.25) is 9.78 Å². The van der Waals surface area contributed by atoms with Crippen molar-refractivity contribution >= 4 is 12.1 Å². The summed E-state index contributed by atoms with van der Waals surface area (Å²) >= 11 is 0. The minimum Gasteiger partial charge on any atom is -0.477 e. The molecule has 0 bridgehead atoms. The number of aromatic nitrogens is 4. The topological polar surface area (TPSA) is 122 Å². The van der Waals surface area contributed by atoms with Crippen molar-refractivity contribution in [1.29, 1.82) is 0 Å². The zero-order valence-electron chi connectivity index (χ0n) is 15.1. The lowest BCUT2D eigenvalue weighted by molar-refractivity contribution is 0.0524. The smallest absolute Gasteiger partial charge is 0.407 e. The Hall–Kier alpha value is -2.84. The molecule has 9 nitrogen and oxygen atoms in total. The van der Waals surface area contributed by atoms with Gasteiger partial charge in [-0.05, 0) is 40.0 Å². The molecule has 0 aliphatic heterocycles. The molecule has 0 saturated carbocycles. The molecule has 3 rings (SSSR count). The number of nitrogens with zero attached hydrogens (tertiary/aromatic N) is 3. The summed E-state index contributed by atoms with van der Waals surface area (Å²) in [6.07, 6.45) is 3.06. The Morgan fingerprint density at radius 2 is 2.15 bits per heavy atom. The van der Waals surface area contributed by atoms with E-state index in [1.54, 1.807) is 27.0 Å². The highest BCUT2D eigenvalue weighted by molar-refractivity contribution is 5.90. The summed E-state index contributed by atoms with van der Waals surface area (Å²) < 4.78 is 6.68. The summed E-state index contributed by atoms with van der Waals surface area (Å²) in [5.74, 6) is -0.995. The van der Waals surface area contributed by atoms with Crippen molar-refractivity contribution in [2.75, 3.05) is 6.54 Å². The molecule has 140 valence electrons. The largest absolute Gasteiger partial charge is 0.477 e. The number of hydrogen-bond acceptors (Lipinski definition) is 5. The van der Waals surface area contributed by atoms with Crippen LogP contribution < -0.4 is 5.32 Å². The molecule has 0 spiro atoms. The zero-order valence-corrected chi connectivity index (χ0v) is 15.1. The maximum absolute atomic E-state index is 11.7. The van der Waals surface area contributed by atoms with Crippen LogP contribution in [0.5, 0.6) is 0 Å². The number of fused-ring (bicyclic) bond motifs is 3. The van der Waals surface area contributed by atoms with Crippen LogP contribution in [0.3, 0.4) is 0 Å². The third-order valence-corrected chi connectivity index (χ3v) is 4.07. The normalized spacial score (nSPS) is 13.0. The van der Waals surface area contributed by atoms with Gasteiger partial charge in [-0.2, -0.15) is 10.2 Å². The summed E-state index contributed by atoms with van der Waals surface area (Å²) in [5.41, 5.74) is 2.92. The number of nitrogens with one attached hydrogen (secondary N) is 2. The molecule has 26 heavy (non-hydrogen) atoms. The quantitative estimate of drug-likeness (QED) is 0.700. The van der Waals surface area contributed by atoms with Crippen molar-refractivity contribution in [3.05, 3.63) is 23.1 Å². The van der Waals surface area contributed by atoms with Crippen LogP contribution in [0, 0.1) is 0 Å². The fourth-order valence-corrected chi connectivity index (χ4v) is 3.04. The summed E-state index contributed by atoms with van der Waals surface area (Å²) in [6.45, 7) is 6.14. The van der Waals surface area contributed by atoms with Gasteiger partial charge < -0.3 is 15.2 Å². The number of carboxylic acid groups (broad SMARTS) is 1. The maximum atomic E-state index is 11.7. The summed E-state index contributed by atoms with van der Waals surface area (Å²) in [4.78, 5) is 23.4. The fraction of sp³-hybridized carbons (Fsp3) is 0.529. The van der Waals surface area contributed by atoms with Gasteiger partial charge in [0.15, 0.2) is 0 Å². The summed E-state index contributed by atoms with van der Waals surface area (Å²) in [7, 11) is 0. The van der Waals surface area contributed by atoms with Crippen LogP contribution in [0.2, 0.25) is 0 Å². The van der Waals surface area contributed by atoms with Gasteiger partial charge in [-0.15, -0.1) is 0 Å². The summed E-state index contributed by atoms with van der Waals surface area (Å²) in [6, 6.07) is 0. The van der Waals surface area contributed by atoms with Crippen molar-refractivity contribution in [1.82, 2.24) is 25.3 Å². The van der Waals surface area contributed by atoms with E-state index in [2.05, 4.69) is 20.6 Å². The molecule has 2 heterocycles. The number of ether oxygens (including phenoxy) is 1.